The average molecular weight is 392 g/mol. The second-order valence-electron chi connectivity index (χ2n) is 7.96. The first kappa shape index (κ1) is 20.6. The minimum absolute atomic E-state index is 0.0627. The Morgan fingerprint density at radius 3 is 2.14 bits per heavy atom. The van der Waals surface area contributed by atoms with Crippen LogP contribution in [0, 0.1) is 13.8 Å². The minimum atomic E-state index is -0.302. The Bertz CT molecular complexity index is 972. The molecule has 0 radical (unpaired) electrons. The lowest BCUT2D eigenvalue weighted by molar-refractivity contribution is -0.138. The van der Waals surface area contributed by atoms with Crippen LogP contribution in [0.25, 0.3) is 5.57 Å². The molecule has 29 heavy (non-hydrogen) atoms. The van der Waals surface area contributed by atoms with Gasteiger partial charge in [-0.2, -0.15) is 0 Å². The molecule has 1 aliphatic rings. The Kier molecular flexibility index (Phi) is 5.78. The monoisotopic (exact) mass is 392 g/mol. The second kappa shape index (κ2) is 8.11. The Hall–Kier alpha value is -3.08. The number of nitrogens with one attached hydrogen (secondary N) is 1. The van der Waals surface area contributed by atoms with Crippen molar-refractivity contribution in [1.29, 1.82) is 0 Å². The lowest BCUT2D eigenvalue weighted by Crippen LogP contribution is -2.38. The fourth-order valence-electron chi connectivity index (χ4n) is 3.38. The predicted molar refractivity (Wildman–Crippen MR) is 116 cm³/mol. The fraction of sp³-hybridized carbons (Fsp3) is 0.333. The van der Waals surface area contributed by atoms with Gasteiger partial charge in [0.1, 0.15) is 11.4 Å². The molecule has 0 aromatic heterocycles. The summed E-state index contributed by atoms with van der Waals surface area (Å²) in [7, 11) is 0. The van der Waals surface area contributed by atoms with Gasteiger partial charge in [-0.05, 0) is 76.4 Å². The largest absolute Gasteiger partial charge is 0.491 e. The van der Waals surface area contributed by atoms with E-state index >= 15 is 0 Å². The highest BCUT2D eigenvalue weighted by atomic mass is 16.5. The van der Waals surface area contributed by atoms with E-state index in [1.807, 2.05) is 84.0 Å². The molecular weight excluding hydrogens is 364 g/mol. The molecule has 1 heterocycles. The van der Waals surface area contributed by atoms with Crippen LogP contribution in [0.15, 0.2) is 48.2 Å². The summed E-state index contributed by atoms with van der Waals surface area (Å²) in [5.74, 6) is 0.143. The number of benzene rings is 2. The summed E-state index contributed by atoms with van der Waals surface area (Å²) in [6.07, 6.45) is 0.0627. The highest BCUT2D eigenvalue weighted by Gasteiger charge is 2.40. The van der Waals surface area contributed by atoms with Crippen LogP contribution in [0.5, 0.6) is 5.75 Å². The van der Waals surface area contributed by atoms with Gasteiger partial charge < -0.3 is 10.1 Å². The zero-order valence-corrected chi connectivity index (χ0v) is 17.9. The summed E-state index contributed by atoms with van der Waals surface area (Å²) in [4.78, 5) is 27.6. The molecule has 0 fully saturated rings. The number of imide groups is 1. The van der Waals surface area contributed by atoms with Gasteiger partial charge in [-0.3, -0.25) is 14.5 Å². The summed E-state index contributed by atoms with van der Waals surface area (Å²) >= 11 is 0. The van der Waals surface area contributed by atoms with Crippen molar-refractivity contribution in [3.63, 3.8) is 0 Å². The van der Waals surface area contributed by atoms with Crippen molar-refractivity contribution in [1.82, 2.24) is 4.90 Å². The molecule has 2 aromatic rings. The maximum absolute atomic E-state index is 13.1. The minimum Gasteiger partial charge on any atom is -0.491 e. The molecule has 2 aromatic carbocycles. The lowest BCUT2D eigenvalue weighted by atomic mass is 10.0. The number of anilines is 1. The molecule has 0 unspecified atom stereocenters. The Morgan fingerprint density at radius 2 is 1.55 bits per heavy atom. The molecule has 1 aliphatic heterocycles. The number of nitrogens with zero attached hydrogens (tertiary/aromatic N) is 1. The quantitative estimate of drug-likeness (QED) is 0.725. The van der Waals surface area contributed by atoms with Gasteiger partial charge >= 0.3 is 0 Å². The second-order valence-corrected chi connectivity index (χ2v) is 7.96. The highest BCUT2D eigenvalue weighted by Crippen LogP contribution is 2.33. The maximum atomic E-state index is 13.1. The number of aryl methyl sites for hydroxylation is 2. The number of carbonyl (C=O) groups is 2. The predicted octanol–water partition coefficient (Wildman–Crippen LogP) is 4.69. The van der Waals surface area contributed by atoms with E-state index in [0.717, 1.165) is 22.6 Å². The summed E-state index contributed by atoms with van der Waals surface area (Å²) in [5.41, 5.74) is 4.30. The van der Waals surface area contributed by atoms with Crippen molar-refractivity contribution in [2.24, 2.45) is 0 Å². The van der Waals surface area contributed by atoms with Crippen molar-refractivity contribution in [3.8, 4) is 5.75 Å². The molecule has 5 nitrogen and oxygen atoms in total. The molecule has 0 saturated carbocycles. The van der Waals surface area contributed by atoms with E-state index in [4.69, 9.17) is 4.74 Å². The van der Waals surface area contributed by atoms with E-state index in [1.165, 1.54) is 4.90 Å². The van der Waals surface area contributed by atoms with E-state index in [-0.39, 0.29) is 24.0 Å². The Balaban J connectivity index is 2.07. The molecular formula is C24H28N2O3. The molecule has 0 atom stereocenters. The normalized spacial score (nSPS) is 14.4. The first-order valence-corrected chi connectivity index (χ1v) is 9.92. The van der Waals surface area contributed by atoms with Crippen molar-refractivity contribution in [2.75, 3.05) is 5.32 Å². The smallest absolute Gasteiger partial charge is 0.278 e. The van der Waals surface area contributed by atoms with Crippen LogP contribution in [0.4, 0.5) is 5.69 Å². The third-order valence-electron chi connectivity index (χ3n) is 4.80. The van der Waals surface area contributed by atoms with E-state index in [9.17, 15) is 9.59 Å². The van der Waals surface area contributed by atoms with Crippen LogP contribution in [0.3, 0.4) is 0 Å². The molecule has 0 bridgehead atoms. The topological polar surface area (TPSA) is 58.6 Å². The van der Waals surface area contributed by atoms with Gasteiger partial charge in [0.05, 0.1) is 11.7 Å². The summed E-state index contributed by atoms with van der Waals surface area (Å²) in [5, 5.41) is 3.25. The third-order valence-corrected chi connectivity index (χ3v) is 4.80. The molecule has 0 spiro atoms. The number of hydrogen-bond donors (Lipinski definition) is 1. The SMILES string of the molecule is Cc1ccc(C)c(NC2=C(c3ccc(OC(C)C)cc3)C(=O)N(C(C)C)C2=O)c1. The first-order chi connectivity index (χ1) is 13.7. The average Bonchev–Trinajstić information content (AvgIpc) is 2.88. The van der Waals surface area contributed by atoms with Gasteiger partial charge in [0.25, 0.3) is 11.8 Å². The molecule has 5 heteroatoms. The number of rotatable bonds is 6. The van der Waals surface area contributed by atoms with Crippen LogP contribution in [0.1, 0.15) is 44.4 Å². The summed E-state index contributed by atoms with van der Waals surface area (Å²) in [6.45, 7) is 11.6. The van der Waals surface area contributed by atoms with Gasteiger partial charge in [-0.15, -0.1) is 0 Å². The van der Waals surface area contributed by atoms with E-state index < -0.39 is 0 Å². The van der Waals surface area contributed by atoms with Gasteiger partial charge in [0.2, 0.25) is 0 Å². The highest BCUT2D eigenvalue weighted by molar-refractivity contribution is 6.36. The van der Waals surface area contributed by atoms with Crippen LogP contribution >= 0.6 is 0 Å². The maximum Gasteiger partial charge on any atom is 0.278 e. The van der Waals surface area contributed by atoms with Gasteiger partial charge in [-0.25, -0.2) is 0 Å². The Morgan fingerprint density at radius 1 is 0.897 bits per heavy atom. The zero-order valence-electron chi connectivity index (χ0n) is 17.9. The van der Waals surface area contributed by atoms with Gasteiger partial charge in [0, 0.05) is 11.7 Å². The third kappa shape index (κ3) is 4.19. The number of ether oxygens (including phenoxy) is 1. The van der Waals surface area contributed by atoms with Crippen LogP contribution in [-0.2, 0) is 9.59 Å². The fourth-order valence-corrected chi connectivity index (χ4v) is 3.38. The standard InChI is InChI=1S/C24H28N2O3/c1-14(2)26-23(27)21(18-9-11-19(12-10-18)29-15(3)4)22(24(26)28)25-20-13-16(5)7-8-17(20)6/h7-15,25H,1-6H3. The van der Waals surface area contributed by atoms with Crippen molar-refractivity contribution in [3.05, 3.63) is 64.9 Å². The van der Waals surface area contributed by atoms with Crippen LogP contribution in [0.2, 0.25) is 0 Å². The first-order valence-electron chi connectivity index (χ1n) is 9.92. The van der Waals surface area contributed by atoms with E-state index in [2.05, 4.69) is 5.32 Å². The van der Waals surface area contributed by atoms with Crippen molar-refractivity contribution >= 4 is 23.1 Å². The zero-order chi connectivity index (χ0) is 21.3. The van der Waals surface area contributed by atoms with Crippen LogP contribution < -0.4 is 10.1 Å². The number of hydrogen-bond acceptors (Lipinski definition) is 4. The lowest BCUT2D eigenvalue weighted by Gasteiger charge is -2.19. The summed E-state index contributed by atoms with van der Waals surface area (Å²) < 4.78 is 5.70. The van der Waals surface area contributed by atoms with Gasteiger partial charge in [0.15, 0.2) is 0 Å². The van der Waals surface area contributed by atoms with Crippen LogP contribution in [-0.4, -0.2) is 28.9 Å². The van der Waals surface area contributed by atoms with E-state index in [1.54, 1.807) is 0 Å². The van der Waals surface area contributed by atoms with Gasteiger partial charge in [-0.1, -0.05) is 24.3 Å². The number of carbonyl (C=O) groups excluding carboxylic acids is 2. The summed E-state index contributed by atoms with van der Waals surface area (Å²) in [6, 6.07) is 13.1. The molecule has 0 aliphatic carbocycles. The molecule has 2 amide bonds. The molecule has 3 rings (SSSR count). The van der Waals surface area contributed by atoms with E-state index in [0.29, 0.717) is 16.8 Å². The Labute approximate surface area is 172 Å². The van der Waals surface area contributed by atoms with Crippen molar-refractivity contribution in [2.45, 2.75) is 53.7 Å². The molecule has 0 saturated heterocycles. The number of amides is 2. The molecule has 152 valence electrons. The van der Waals surface area contributed by atoms with Crippen molar-refractivity contribution < 1.29 is 14.3 Å². The molecule has 1 N–H and O–H groups in total.